The fourth-order valence-electron chi connectivity index (χ4n) is 2.03. The van der Waals surface area contributed by atoms with Crippen molar-refractivity contribution in [2.45, 2.75) is 33.6 Å². The van der Waals surface area contributed by atoms with Gasteiger partial charge in [-0.1, -0.05) is 13.3 Å². The van der Waals surface area contributed by atoms with E-state index in [1.54, 1.807) is 0 Å². The molecule has 1 aliphatic rings. The molecule has 0 radical (unpaired) electrons. The lowest BCUT2D eigenvalue weighted by atomic mass is 10.1. The second-order valence-electron chi connectivity index (χ2n) is 3.96. The third-order valence-electron chi connectivity index (χ3n) is 3.17. The van der Waals surface area contributed by atoms with Crippen molar-refractivity contribution < 1.29 is 4.79 Å². The van der Waals surface area contributed by atoms with Gasteiger partial charge in [-0.25, -0.2) is 4.79 Å². The van der Waals surface area contributed by atoms with Crippen LogP contribution in [0.3, 0.4) is 0 Å². The Kier molecular flexibility index (Phi) is 4.23. The first-order valence-electron chi connectivity index (χ1n) is 5.76. The minimum Gasteiger partial charge on any atom is -0.325 e. The van der Waals surface area contributed by atoms with Gasteiger partial charge in [0.25, 0.3) is 0 Å². The Morgan fingerprint density at radius 2 is 2.00 bits per heavy atom. The summed E-state index contributed by atoms with van der Waals surface area (Å²) >= 11 is 0. The van der Waals surface area contributed by atoms with E-state index in [0.717, 1.165) is 32.1 Å². The van der Waals surface area contributed by atoms with E-state index >= 15 is 0 Å². The summed E-state index contributed by atoms with van der Waals surface area (Å²) in [6, 6.07) is 0.228. The Balaban J connectivity index is 2.45. The largest absolute Gasteiger partial charge is 0.325 e. The Bertz CT molecular complexity index is 190. The zero-order valence-electron chi connectivity index (χ0n) is 9.62. The average molecular weight is 198 g/mol. The van der Waals surface area contributed by atoms with E-state index in [-0.39, 0.29) is 6.03 Å². The molecular formula is C11H22N2O. The van der Waals surface area contributed by atoms with Crippen molar-refractivity contribution in [2.75, 3.05) is 26.2 Å². The first kappa shape index (κ1) is 11.3. The SMILES string of the molecule is CCC1CCN(C(=O)N(CC)CC)C1. The van der Waals surface area contributed by atoms with Crippen LogP contribution in [0.4, 0.5) is 4.79 Å². The number of nitrogens with zero attached hydrogens (tertiary/aromatic N) is 2. The molecule has 0 aromatic heterocycles. The van der Waals surface area contributed by atoms with E-state index in [0.29, 0.717) is 0 Å². The molecule has 0 bridgehead atoms. The predicted molar refractivity (Wildman–Crippen MR) is 58.3 cm³/mol. The number of hydrogen-bond acceptors (Lipinski definition) is 1. The maximum atomic E-state index is 11.9. The van der Waals surface area contributed by atoms with Crippen LogP contribution in [-0.4, -0.2) is 42.0 Å². The second-order valence-corrected chi connectivity index (χ2v) is 3.96. The number of likely N-dealkylation sites (tertiary alicyclic amines) is 1. The minimum atomic E-state index is 0.228. The summed E-state index contributed by atoms with van der Waals surface area (Å²) in [6.07, 6.45) is 2.38. The molecule has 0 aliphatic carbocycles. The van der Waals surface area contributed by atoms with E-state index in [2.05, 4.69) is 6.92 Å². The van der Waals surface area contributed by atoms with Gasteiger partial charge in [0, 0.05) is 26.2 Å². The van der Waals surface area contributed by atoms with Crippen molar-refractivity contribution in [3.63, 3.8) is 0 Å². The van der Waals surface area contributed by atoms with E-state index in [9.17, 15) is 4.79 Å². The molecule has 0 aromatic carbocycles. The maximum Gasteiger partial charge on any atom is 0.319 e. The number of rotatable bonds is 3. The first-order chi connectivity index (χ1) is 6.72. The lowest BCUT2D eigenvalue weighted by molar-refractivity contribution is 0.166. The zero-order valence-corrected chi connectivity index (χ0v) is 9.62. The number of carbonyl (C=O) groups excluding carboxylic acids is 1. The fraction of sp³-hybridized carbons (Fsp3) is 0.909. The van der Waals surface area contributed by atoms with Gasteiger partial charge in [0.1, 0.15) is 0 Å². The highest BCUT2D eigenvalue weighted by molar-refractivity contribution is 5.74. The van der Waals surface area contributed by atoms with E-state index < -0.39 is 0 Å². The minimum absolute atomic E-state index is 0.228. The maximum absolute atomic E-state index is 11.9. The fourth-order valence-corrected chi connectivity index (χ4v) is 2.03. The molecule has 0 N–H and O–H groups in total. The van der Waals surface area contributed by atoms with Gasteiger partial charge in [-0.15, -0.1) is 0 Å². The zero-order chi connectivity index (χ0) is 10.6. The normalized spacial score (nSPS) is 21.4. The van der Waals surface area contributed by atoms with Gasteiger partial charge < -0.3 is 9.80 Å². The molecule has 0 saturated carbocycles. The molecule has 1 saturated heterocycles. The predicted octanol–water partition coefficient (Wildman–Crippen LogP) is 2.18. The summed E-state index contributed by atoms with van der Waals surface area (Å²) in [5, 5.41) is 0. The standard InChI is InChI=1S/C11H22N2O/c1-4-10-7-8-13(9-10)11(14)12(5-2)6-3/h10H,4-9H2,1-3H3. The topological polar surface area (TPSA) is 23.6 Å². The number of urea groups is 1. The first-order valence-corrected chi connectivity index (χ1v) is 5.76. The van der Waals surface area contributed by atoms with Crippen LogP contribution in [0.1, 0.15) is 33.6 Å². The lowest BCUT2D eigenvalue weighted by Crippen LogP contribution is -2.41. The molecule has 3 heteroatoms. The molecule has 1 fully saturated rings. The third-order valence-corrected chi connectivity index (χ3v) is 3.17. The van der Waals surface area contributed by atoms with Crippen molar-refractivity contribution in [1.29, 1.82) is 0 Å². The molecule has 1 unspecified atom stereocenters. The van der Waals surface area contributed by atoms with Crippen LogP contribution in [0.2, 0.25) is 0 Å². The van der Waals surface area contributed by atoms with Crippen LogP contribution in [0.25, 0.3) is 0 Å². The van der Waals surface area contributed by atoms with Gasteiger partial charge in [-0.05, 0) is 26.2 Å². The molecule has 3 nitrogen and oxygen atoms in total. The number of hydrogen-bond donors (Lipinski definition) is 0. The van der Waals surface area contributed by atoms with Crippen molar-refractivity contribution >= 4 is 6.03 Å². The Labute approximate surface area is 87.1 Å². The smallest absolute Gasteiger partial charge is 0.319 e. The van der Waals surface area contributed by atoms with Crippen LogP contribution >= 0.6 is 0 Å². The van der Waals surface area contributed by atoms with E-state index in [1.807, 2.05) is 23.6 Å². The number of amides is 2. The molecule has 1 aliphatic heterocycles. The van der Waals surface area contributed by atoms with Crippen LogP contribution in [0.5, 0.6) is 0 Å². The third kappa shape index (κ3) is 2.40. The molecule has 82 valence electrons. The highest BCUT2D eigenvalue weighted by atomic mass is 16.2. The van der Waals surface area contributed by atoms with Crippen LogP contribution in [0.15, 0.2) is 0 Å². The van der Waals surface area contributed by atoms with Gasteiger partial charge in [0.05, 0.1) is 0 Å². The van der Waals surface area contributed by atoms with Crippen LogP contribution < -0.4 is 0 Å². The highest BCUT2D eigenvalue weighted by Gasteiger charge is 2.26. The van der Waals surface area contributed by atoms with Crippen LogP contribution in [-0.2, 0) is 0 Å². The Hall–Kier alpha value is -0.730. The summed E-state index contributed by atoms with van der Waals surface area (Å²) < 4.78 is 0. The van der Waals surface area contributed by atoms with Gasteiger partial charge in [-0.3, -0.25) is 0 Å². The van der Waals surface area contributed by atoms with Crippen LogP contribution in [0, 0.1) is 5.92 Å². The van der Waals surface area contributed by atoms with Gasteiger partial charge in [0.2, 0.25) is 0 Å². The molecular weight excluding hydrogens is 176 g/mol. The van der Waals surface area contributed by atoms with Gasteiger partial charge in [0.15, 0.2) is 0 Å². The van der Waals surface area contributed by atoms with E-state index in [4.69, 9.17) is 0 Å². The summed E-state index contributed by atoms with van der Waals surface area (Å²) in [4.78, 5) is 15.8. The molecule has 0 aromatic rings. The average Bonchev–Trinajstić information content (AvgIpc) is 2.67. The molecule has 14 heavy (non-hydrogen) atoms. The molecule has 1 heterocycles. The van der Waals surface area contributed by atoms with Gasteiger partial charge >= 0.3 is 6.03 Å². The molecule has 1 atom stereocenters. The van der Waals surface area contributed by atoms with Crippen molar-refractivity contribution in [2.24, 2.45) is 5.92 Å². The summed E-state index contributed by atoms with van der Waals surface area (Å²) in [5.74, 6) is 0.731. The van der Waals surface area contributed by atoms with Gasteiger partial charge in [-0.2, -0.15) is 0 Å². The lowest BCUT2D eigenvalue weighted by Gasteiger charge is -2.25. The van der Waals surface area contributed by atoms with Crippen molar-refractivity contribution in [3.05, 3.63) is 0 Å². The highest BCUT2D eigenvalue weighted by Crippen LogP contribution is 2.20. The van der Waals surface area contributed by atoms with E-state index in [1.165, 1.54) is 12.8 Å². The Morgan fingerprint density at radius 1 is 1.36 bits per heavy atom. The van der Waals surface area contributed by atoms with Crippen molar-refractivity contribution in [3.8, 4) is 0 Å². The quantitative estimate of drug-likeness (QED) is 0.682. The Morgan fingerprint density at radius 3 is 2.43 bits per heavy atom. The monoisotopic (exact) mass is 198 g/mol. The summed E-state index contributed by atoms with van der Waals surface area (Å²) in [6.45, 7) is 9.84. The summed E-state index contributed by atoms with van der Waals surface area (Å²) in [5.41, 5.74) is 0. The van der Waals surface area contributed by atoms with Crippen molar-refractivity contribution in [1.82, 2.24) is 9.80 Å². The molecule has 0 spiro atoms. The summed E-state index contributed by atoms with van der Waals surface area (Å²) in [7, 11) is 0. The second kappa shape index (κ2) is 5.23. The number of carbonyl (C=O) groups is 1. The molecule has 2 amide bonds. The molecule has 1 rings (SSSR count).